The van der Waals surface area contributed by atoms with Gasteiger partial charge in [-0.2, -0.15) is 0 Å². The van der Waals surface area contributed by atoms with E-state index in [-0.39, 0.29) is 69.5 Å². The first-order valence-electron chi connectivity index (χ1n) is 24.7. The van der Waals surface area contributed by atoms with E-state index in [2.05, 4.69) is 36.6 Å². The van der Waals surface area contributed by atoms with E-state index in [1.807, 2.05) is 107 Å². The number of likely N-dealkylation sites (tertiary alicyclic amines) is 1. The Morgan fingerprint density at radius 2 is 1.49 bits per heavy atom. The Hall–Kier alpha value is -7.11. The van der Waals surface area contributed by atoms with E-state index in [0.717, 1.165) is 54.8 Å². The van der Waals surface area contributed by atoms with Crippen molar-refractivity contribution in [3.05, 3.63) is 136 Å². The number of β-amino-alcohol motifs (C(OH)–C–C–N with tert-alkyl or cyclic N) is 1. The van der Waals surface area contributed by atoms with Gasteiger partial charge in [-0.05, 0) is 53.5 Å². The van der Waals surface area contributed by atoms with Crippen LogP contribution in [0.25, 0.3) is 21.7 Å². The summed E-state index contributed by atoms with van der Waals surface area (Å²) < 4.78 is 30.8. The summed E-state index contributed by atoms with van der Waals surface area (Å²) >= 11 is 2.78. The van der Waals surface area contributed by atoms with Crippen LogP contribution in [-0.4, -0.2) is 111 Å². The number of nitrogens with zero attached hydrogens (tertiary/aromatic N) is 4. The lowest BCUT2D eigenvalue weighted by atomic mass is 9.85. The minimum atomic E-state index is -3.64. The zero-order valence-corrected chi connectivity index (χ0v) is 45.4. The molecule has 0 spiro atoms. The summed E-state index contributed by atoms with van der Waals surface area (Å²) in [6.07, 6.45) is 3.63. The van der Waals surface area contributed by atoms with Crippen LogP contribution in [0.2, 0.25) is 0 Å². The first-order valence-corrected chi connectivity index (χ1v) is 28.3. The van der Waals surface area contributed by atoms with Gasteiger partial charge in [-0.1, -0.05) is 99.6 Å². The first kappa shape index (κ1) is 56.6. The molecule has 1 unspecified atom stereocenters. The van der Waals surface area contributed by atoms with Gasteiger partial charge in [0.05, 0.1) is 52.9 Å². The maximum atomic E-state index is 14.1. The first-order chi connectivity index (χ1) is 36.2. The van der Waals surface area contributed by atoms with E-state index in [4.69, 9.17) is 4.74 Å². The van der Waals surface area contributed by atoms with E-state index >= 15 is 0 Å². The molecule has 1 fully saturated rings. The molecule has 4 atom stereocenters. The Morgan fingerprint density at radius 3 is 2.13 bits per heavy atom. The van der Waals surface area contributed by atoms with Crippen LogP contribution in [0.1, 0.15) is 85.6 Å². The number of aromatic nitrogens is 3. The molecule has 1 aliphatic rings. The molecule has 0 radical (unpaired) electrons. The molecule has 3 aromatic carbocycles. The van der Waals surface area contributed by atoms with Gasteiger partial charge in [-0.3, -0.25) is 32.7 Å². The molecule has 19 nitrogen and oxygen atoms in total. The molecule has 4 heterocycles. The SMILES string of the molecule is Cc1ncsc1-c1ccc(CNC(=O)[C@@H]2C[C@@H](O)CN2C(=O)[C@@H](NC(=O)CCCCC(=O)NCc2ccc(COCC(NC(=O)c3ccn(S(C)(=O)=O)c3)C(=O)Nc3nc(-c4ccccc4)cs3)cc2)C(C)(C)C)cc1. The Morgan fingerprint density at radius 1 is 0.829 bits per heavy atom. The average Bonchev–Trinajstić information content (AvgIpc) is 4.24. The van der Waals surface area contributed by atoms with Crippen molar-refractivity contribution in [2.75, 3.05) is 24.7 Å². The van der Waals surface area contributed by atoms with Crippen LogP contribution in [0.5, 0.6) is 0 Å². The lowest BCUT2D eigenvalue weighted by Crippen LogP contribution is -2.57. The van der Waals surface area contributed by atoms with Crippen LogP contribution in [0.4, 0.5) is 5.13 Å². The fraction of sp³-hybridized carbons (Fsp3) is 0.370. The van der Waals surface area contributed by atoms with Crippen molar-refractivity contribution in [2.45, 2.75) is 104 Å². The van der Waals surface area contributed by atoms with Gasteiger partial charge in [0.1, 0.15) is 18.1 Å². The second kappa shape index (κ2) is 25.6. The number of carbonyl (C=O) groups excluding carboxylic acids is 6. The summed E-state index contributed by atoms with van der Waals surface area (Å²) in [5, 5.41) is 26.8. The van der Waals surface area contributed by atoms with Crippen molar-refractivity contribution in [3.8, 4) is 21.7 Å². The Labute approximate surface area is 449 Å². The lowest BCUT2D eigenvalue weighted by molar-refractivity contribution is -0.144. The minimum absolute atomic E-state index is 0.0333. The number of unbranched alkanes of at least 4 members (excludes halogenated alkanes) is 1. The number of thiazole rings is 2. The number of amides is 6. The fourth-order valence-corrected chi connectivity index (χ4v) is 10.5. The summed E-state index contributed by atoms with van der Waals surface area (Å²) in [6, 6.07) is 22.8. The van der Waals surface area contributed by atoms with Crippen LogP contribution < -0.4 is 26.6 Å². The fourth-order valence-electron chi connectivity index (χ4n) is 8.33. The van der Waals surface area contributed by atoms with Crippen LogP contribution in [0.3, 0.4) is 0 Å². The molecule has 0 aliphatic carbocycles. The van der Waals surface area contributed by atoms with Gasteiger partial charge in [0, 0.05) is 62.2 Å². The summed E-state index contributed by atoms with van der Waals surface area (Å²) in [6.45, 7) is 7.72. The Bertz CT molecular complexity index is 3100. The highest BCUT2D eigenvalue weighted by atomic mass is 32.2. The number of ether oxygens (including phenoxy) is 1. The molecular formula is C54H63N9O10S3. The van der Waals surface area contributed by atoms with Gasteiger partial charge in [0.25, 0.3) is 11.8 Å². The van der Waals surface area contributed by atoms with Crippen molar-refractivity contribution in [1.82, 2.24) is 40.1 Å². The highest BCUT2D eigenvalue weighted by Gasteiger charge is 2.44. The monoisotopic (exact) mass is 1090 g/mol. The number of nitrogens with one attached hydrogen (secondary N) is 5. The molecule has 76 heavy (non-hydrogen) atoms. The second-order valence-electron chi connectivity index (χ2n) is 19.7. The predicted molar refractivity (Wildman–Crippen MR) is 290 cm³/mol. The summed E-state index contributed by atoms with van der Waals surface area (Å²) in [4.78, 5) is 91.6. The van der Waals surface area contributed by atoms with Crippen LogP contribution in [0.15, 0.2) is 108 Å². The molecule has 6 N–H and O–H groups in total. The molecule has 0 bridgehead atoms. The van der Waals surface area contributed by atoms with E-state index < -0.39 is 63.3 Å². The van der Waals surface area contributed by atoms with Gasteiger partial charge in [-0.15, -0.1) is 22.7 Å². The molecule has 7 rings (SSSR count). The molecule has 1 aliphatic heterocycles. The number of carbonyl (C=O) groups is 6. The summed E-state index contributed by atoms with van der Waals surface area (Å²) in [5.41, 5.74) is 7.07. The molecule has 3 aromatic heterocycles. The standard InChI is InChI=1S/C54H63N9O10S3/c1-34-47(75-33-57-34)39-21-19-36(20-22-39)27-56-51(69)44-25-41(64)29-63(44)52(70)48(54(2,3)4)60-46(66)14-10-9-13-45(65)55-26-35-15-17-37(18-16-35)30-73-31-42(58-49(67)40-23-24-62(28-40)76(5,71)72)50(68)61-53-59-43(32-74-53)38-11-7-6-8-12-38/h6-8,11-12,15-24,28,32-33,41-42,44,48,64H,9-10,13-14,25-27,29-31H2,1-5H3,(H,55,65)(H,56,69)(H,58,67)(H,60,66)(H,59,61,68)/t41-,42?,44+,48-/m1/s1. The number of aliphatic hydroxyl groups excluding tert-OH is 1. The topological polar surface area (TPSA) is 260 Å². The van der Waals surface area contributed by atoms with Crippen LogP contribution in [0, 0.1) is 12.3 Å². The van der Waals surface area contributed by atoms with Crippen molar-refractivity contribution in [1.29, 1.82) is 0 Å². The number of hydrogen-bond acceptors (Lipinski definition) is 14. The van der Waals surface area contributed by atoms with Gasteiger partial charge < -0.3 is 41.3 Å². The number of rotatable bonds is 23. The molecule has 22 heteroatoms. The average molecular weight is 1090 g/mol. The highest BCUT2D eigenvalue weighted by molar-refractivity contribution is 7.89. The van der Waals surface area contributed by atoms with Crippen LogP contribution in [-0.2, 0) is 58.4 Å². The molecule has 6 amide bonds. The molecule has 402 valence electrons. The second-order valence-corrected chi connectivity index (χ2v) is 23.3. The Balaban J connectivity index is 0.832. The van der Waals surface area contributed by atoms with E-state index in [1.165, 1.54) is 28.5 Å². The number of benzene rings is 3. The quantitative estimate of drug-likeness (QED) is 0.0417. The zero-order valence-electron chi connectivity index (χ0n) is 42.9. The van der Waals surface area contributed by atoms with Gasteiger partial charge >= 0.3 is 0 Å². The van der Waals surface area contributed by atoms with E-state index in [9.17, 15) is 42.3 Å². The molecule has 0 saturated carbocycles. The third-order valence-electron chi connectivity index (χ3n) is 12.6. The van der Waals surface area contributed by atoms with Crippen molar-refractivity contribution in [3.63, 3.8) is 0 Å². The predicted octanol–water partition coefficient (Wildman–Crippen LogP) is 5.79. The highest BCUT2D eigenvalue weighted by Crippen LogP contribution is 2.29. The maximum Gasteiger partial charge on any atom is 0.253 e. The molecule has 6 aromatic rings. The molecule has 1 saturated heterocycles. The number of aliphatic hydroxyl groups is 1. The van der Waals surface area contributed by atoms with Gasteiger partial charge in [-0.25, -0.2) is 18.4 Å². The lowest BCUT2D eigenvalue weighted by Gasteiger charge is -2.35. The number of anilines is 1. The van der Waals surface area contributed by atoms with Crippen molar-refractivity contribution in [2.24, 2.45) is 5.41 Å². The summed E-state index contributed by atoms with van der Waals surface area (Å²) in [7, 11) is -3.64. The van der Waals surface area contributed by atoms with Gasteiger partial charge in [0.15, 0.2) is 5.13 Å². The summed E-state index contributed by atoms with van der Waals surface area (Å²) in [5.74, 6) is -2.68. The third kappa shape index (κ3) is 15.7. The molecular weight excluding hydrogens is 1030 g/mol. The van der Waals surface area contributed by atoms with Gasteiger partial charge in [0.2, 0.25) is 33.7 Å². The minimum Gasteiger partial charge on any atom is -0.391 e. The van der Waals surface area contributed by atoms with Crippen molar-refractivity contribution >= 4 is 73.3 Å². The van der Waals surface area contributed by atoms with Crippen LogP contribution >= 0.6 is 22.7 Å². The van der Waals surface area contributed by atoms with Crippen molar-refractivity contribution < 1.29 is 47.0 Å². The number of aryl methyl sites for hydroxylation is 1. The normalized spacial score (nSPS) is 15.4. The zero-order chi connectivity index (χ0) is 54.6. The van der Waals surface area contributed by atoms with E-state index in [1.54, 1.807) is 22.2 Å². The maximum absolute atomic E-state index is 14.1. The van der Waals surface area contributed by atoms with E-state index in [0.29, 0.717) is 23.7 Å². The largest absolute Gasteiger partial charge is 0.391 e. The Kier molecular flexibility index (Phi) is 19.1. The number of hydrogen-bond donors (Lipinski definition) is 6. The third-order valence-corrected chi connectivity index (χ3v) is 15.3. The smallest absolute Gasteiger partial charge is 0.253 e.